The number of anilines is 1. The van der Waals surface area contributed by atoms with Crippen LogP contribution in [0.5, 0.6) is 0 Å². The lowest BCUT2D eigenvalue weighted by molar-refractivity contribution is -0.117. The number of rotatable bonds is 8. The molecule has 7 heteroatoms. The van der Waals surface area contributed by atoms with Crippen LogP contribution in [0.1, 0.15) is 50.7 Å². The van der Waals surface area contributed by atoms with Crippen LogP contribution < -0.4 is 9.62 Å². The zero-order valence-corrected chi connectivity index (χ0v) is 19.8. The van der Waals surface area contributed by atoms with Crippen molar-refractivity contribution in [1.82, 2.24) is 5.32 Å². The molecule has 0 radical (unpaired) electrons. The van der Waals surface area contributed by atoms with Crippen LogP contribution in [0.3, 0.4) is 0 Å². The van der Waals surface area contributed by atoms with Gasteiger partial charge in [0, 0.05) is 29.8 Å². The lowest BCUT2D eigenvalue weighted by Crippen LogP contribution is -2.40. The van der Waals surface area contributed by atoms with E-state index in [4.69, 9.17) is 11.6 Å². The predicted octanol–water partition coefficient (Wildman–Crippen LogP) is 5.21. The van der Waals surface area contributed by atoms with Gasteiger partial charge in [0.15, 0.2) is 4.91 Å². The van der Waals surface area contributed by atoms with Crippen LogP contribution in [0.25, 0.3) is 5.57 Å². The highest BCUT2D eigenvalue weighted by atomic mass is 35.5. The minimum atomic E-state index is -4.04. The van der Waals surface area contributed by atoms with Crippen molar-refractivity contribution < 1.29 is 13.2 Å². The molecule has 2 aromatic carbocycles. The number of benzene rings is 2. The fraction of sp³-hybridized carbons (Fsp3) is 0.375. The van der Waals surface area contributed by atoms with Crippen LogP contribution in [0.2, 0.25) is 5.02 Å². The number of nitrogens with one attached hydrogen (secondary N) is 1. The summed E-state index contributed by atoms with van der Waals surface area (Å²) >= 11 is 6.25. The molecule has 0 spiro atoms. The van der Waals surface area contributed by atoms with Gasteiger partial charge < -0.3 is 5.32 Å². The summed E-state index contributed by atoms with van der Waals surface area (Å²) < 4.78 is 28.1. The number of hydrogen-bond donors (Lipinski definition) is 1. The summed E-state index contributed by atoms with van der Waals surface area (Å²) in [5.74, 6) is -0.262. The van der Waals surface area contributed by atoms with Crippen LogP contribution in [0.15, 0.2) is 53.4 Å². The van der Waals surface area contributed by atoms with Crippen molar-refractivity contribution in [3.8, 4) is 0 Å². The molecule has 1 aliphatic heterocycles. The van der Waals surface area contributed by atoms with Gasteiger partial charge in [0.05, 0.1) is 5.69 Å². The molecule has 0 aliphatic carbocycles. The van der Waals surface area contributed by atoms with E-state index in [-0.39, 0.29) is 4.91 Å². The largest absolute Gasteiger partial charge is 0.351 e. The van der Waals surface area contributed by atoms with Crippen LogP contribution in [0.4, 0.5) is 5.69 Å². The number of unbranched alkanes of at least 4 members (excludes halogenated alkanes) is 1. The number of sulfonamides is 1. The second-order valence-corrected chi connectivity index (χ2v) is 10.2. The fourth-order valence-corrected chi connectivity index (χ4v) is 5.54. The summed E-state index contributed by atoms with van der Waals surface area (Å²) in [7, 11) is -2.57. The van der Waals surface area contributed by atoms with Crippen LogP contribution in [0, 0.1) is 5.92 Å². The molecule has 3 rings (SSSR count). The first-order valence-corrected chi connectivity index (χ1v) is 12.5. The summed E-state index contributed by atoms with van der Waals surface area (Å²) in [6.45, 7) is 4.67. The van der Waals surface area contributed by atoms with Gasteiger partial charge in [-0.05, 0) is 36.1 Å². The maximum Gasteiger partial charge on any atom is 0.270 e. The number of nitrogens with zero attached hydrogens (tertiary/aromatic N) is 1. The molecule has 1 unspecified atom stereocenters. The number of fused-ring (bicyclic) bond motifs is 1. The maximum absolute atomic E-state index is 13.4. The second kappa shape index (κ2) is 9.88. The maximum atomic E-state index is 13.4. The monoisotopic (exact) mass is 460 g/mol. The Hall–Kier alpha value is -2.31. The first kappa shape index (κ1) is 23.4. The molecule has 1 N–H and O–H groups in total. The van der Waals surface area contributed by atoms with Crippen molar-refractivity contribution in [2.75, 3.05) is 17.9 Å². The molecule has 2 aromatic rings. The highest BCUT2D eigenvalue weighted by Crippen LogP contribution is 2.43. The summed E-state index contributed by atoms with van der Waals surface area (Å²) in [5.41, 5.74) is 2.16. The summed E-state index contributed by atoms with van der Waals surface area (Å²) in [5, 5.41) is 3.38. The van der Waals surface area contributed by atoms with Gasteiger partial charge in [0.1, 0.15) is 0 Å². The number of halogens is 1. The minimum Gasteiger partial charge on any atom is -0.351 e. The lowest BCUT2D eigenvalue weighted by Gasteiger charge is -2.31. The molecule has 1 amide bonds. The van der Waals surface area contributed by atoms with Gasteiger partial charge in [0.25, 0.3) is 15.9 Å². The average molecular weight is 461 g/mol. The average Bonchev–Trinajstić information content (AvgIpc) is 2.76. The third-order valence-electron chi connectivity index (χ3n) is 5.78. The van der Waals surface area contributed by atoms with Gasteiger partial charge in [-0.25, -0.2) is 8.42 Å². The van der Waals surface area contributed by atoms with E-state index in [0.717, 1.165) is 30.0 Å². The molecule has 0 saturated carbocycles. The Morgan fingerprint density at radius 3 is 2.48 bits per heavy atom. The Morgan fingerprint density at radius 2 is 1.84 bits per heavy atom. The Bertz CT molecular complexity index is 1080. The van der Waals surface area contributed by atoms with E-state index < -0.39 is 15.9 Å². The molecular weight excluding hydrogens is 432 g/mol. The SMILES string of the molecule is CCCCC(CC)CNC(=O)C1=C(c2ccccc2)c2cc(Cl)ccc2N(C)S1(=O)=O. The zero-order valence-electron chi connectivity index (χ0n) is 18.2. The molecule has 1 aliphatic rings. The molecule has 0 bridgehead atoms. The zero-order chi connectivity index (χ0) is 22.6. The van der Waals surface area contributed by atoms with E-state index in [2.05, 4.69) is 19.2 Å². The highest BCUT2D eigenvalue weighted by molar-refractivity contribution is 7.97. The van der Waals surface area contributed by atoms with Gasteiger partial charge in [-0.3, -0.25) is 9.10 Å². The van der Waals surface area contributed by atoms with E-state index in [1.807, 2.05) is 30.3 Å². The van der Waals surface area contributed by atoms with E-state index in [9.17, 15) is 13.2 Å². The Kier molecular flexibility index (Phi) is 7.44. The normalized spacial score (nSPS) is 16.1. The lowest BCUT2D eigenvalue weighted by atomic mass is 9.95. The van der Waals surface area contributed by atoms with Crippen LogP contribution >= 0.6 is 11.6 Å². The highest BCUT2D eigenvalue weighted by Gasteiger charge is 2.39. The van der Waals surface area contributed by atoms with Gasteiger partial charge in [-0.15, -0.1) is 0 Å². The first-order chi connectivity index (χ1) is 14.8. The minimum absolute atomic E-state index is 0.235. The van der Waals surface area contributed by atoms with E-state index >= 15 is 0 Å². The first-order valence-electron chi connectivity index (χ1n) is 10.7. The number of amides is 1. The molecule has 1 atom stereocenters. The van der Waals surface area contributed by atoms with Gasteiger partial charge >= 0.3 is 0 Å². The van der Waals surface area contributed by atoms with E-state index in [1.54, 1.807) is 18.2 Å². The van der Waals surface area contributed by atoms with Gasteiger partial charge in [0.2, 0.25) is 0 Å². The molecule has 5 nitrogen and oxygen atoms in total. The predicted molar refractivity (Wildman–Crippen MR) is 128 cm³/mol. The topological polar surface area (TPSA) is 66.5 Å². The van der Waals surface area contributed by atoms with E-state index in [1.165, 1.54) is 7.05 Å². The summed E-state index contributed by atoms with van der Waals surface area (Å²) in [4.78, 5) is 13.1. The number of hydrogen-bond acceptors (Lipinski definition) is 3. The summed E-state index contributed by atoms with van der Waals surface area (Å²) in [6, 6.07) is 14.2. The van der Waals surface area contributed by atoms with E-state index in [0.29, 0.717) is 39.9 Å². The van der Waals surface area contributed by atoms with Crippen LogP contribution in [-0.2, 0) is 14.8 Å². The molecular formula is C24H29ClN2O3S. The number of carbonyl (C=O) groups excluding carboxylic acids is 1. The third-order valence-corrected chi connectivity index (χ3v) is 7.83. The molecule has 166 valence electrons. The quantitative estimate of drug-likeness (QED) is 0.587. The van der Waals surface area contributed by atoms with Crippen LogP contribution in [-0.4, -0.2) is 27.9 Å². The smallest absolute Gasteiger partial charge is 0.270 e. The van der Waals surface area contributed by atoms with Gasteiger partial charge in [-0.2, -0.15) is 0 Å². The Labute approximate surface area is 190 Å². The molecule has 31 heavy (non-hydrogen) atoms. The standard InChI is InChI=1S/C24H29ClN2O3S/c1-4-6-10-17(5-2)16-26-24(28)23-22(18-11-8-7-9-12-18)20-15-19(25)13-14-21(20)27(3)31(23,29)30/h7-9,11-15,17H,4-6,10,16H2,1-3H3,(H,26,28). The molecule has 0 saturated heterocycles. The Morgan fingerprint density at radius 1 is 1.13 bits per heavy atom. The van der Waals surface area contributed by atoms with Gasteiger partial charge in [-0.1, -0.05) is 75.0 Å². The number of carbonyl (C=O) groups is 1. The van der Waals surface area contributed by atoms with Crippen molar-refractivity contribution in [3.05, 3.63) is 69.6 Å². The van der Waals surface area contributed by atoms with Crippen molar-refractivity contribution in [2.45, 2.75) is 39.5 Å². The fourth-order valence-electron chi connectivity index (χ4n) is 3.88. The molecule has 1 heterocycles. The third kappa shape index (κ3) is 4.80. The van der Waals surface area contributed by atoms with Crippen molar-refractivity contribution in [3.63, 3.8) is 0 Å². The Balaban J connectivity index is 2.13. The van der Waals surface area contributed by atoms with Crippen molar-refractivity contribution in [1.29, 1.82) is 0 Å². The van der Waals surface area contributed by atoms with Crippen molar-refractivity contribution in [2.24, 2.45) is 5.92 Å². The molecule has 0 fully saturated rings. The van der Waals surface area contributed by atoms with Crippen molar-refractivity contribution >= 4 is 38.8 Å². The summed E-state index contributed by atoms with van der Waals surface area (Å²) in [6.07, 6.45) is 4.10. The molecule has 0 aromatic heterocycles. The second-order valence-electron chi connectivity index (χ2n) is 7.83.